The van der Waals surface area contributed by atoms with Crippen molar-refractivity contribution < 1.29 is 19.1 Å². The summed E-state index contributed by atoms with van der Waals surface area (Å²) in [5.41, 5.74) is 1.49. The summed E-state index contributed by atoms with van der Waals surface area (Å²) in [5.74, 6) is -0.597. The molecule has 0 unspecified atom stereocenters. The normalized spacial score (nSPS) is 18.6. The molecule has 4 rings (SSSR count). The highest BCUT2D eigenvalue weighted by Gasteiger charge is 2.40. The monoisotopic (exact) mass is 458 g/mol. The van der Waals surface area contributed by atoms with E-state index in [-0.39, 0.29) is 11.6 Å². The summed E-state index contributed by atoms with van der Waals surface area (Å²) in [6, 6.07) is 11.5. The minimum Gasteiger partial charge on any atom is -0.489 e. The van der Waals surface area contributed by atoms with Crippen molar-refractivity contribution in [2.24, 2.45) is 0 Å². The van der Waals surface area contributed by atoms with Crippen LogP contribution < -0.4 is 10.1 Å². The Bertz CT molecular complexity index is 1060. The van der Waals surface area contributed by atoms with Crippen molar-refractivity contribution in [3.05, 3.63) is 69.2 Å². The second-order valence-electron chi connectivity index (χ2n) is 7.54. The van der Waals surface area contributed by atoms with Gasteiger partial charge in [0.2, 0.25) is 0 Å². The molecule has 4 amide bonds. The van der Waals surface area contributed by atoms with Gasteiger partial charge < -0.3 is 4.74 Å². The van der Waals surface area contributed by atoms with Gasteiger partial charge in [0.05, 0.1) is 10.0 Å². The summed E-state index contributed by atoms with van der Waals surface area (Å²) in [7, 11) is 0. The molecule has 1 saturated carbocycles. The Kier molecular flexibility index (Phi) is 6.30. The first-order valence-electron chi connectivity index (χ1n) is 10.00. The number of nitrogens with zero attached hydrogens (tertiary/aromatic N) is 1. The molecule has 1 aliphatic heterocycles. The molecule has 160 valence electrons. The maximum Gasteiger partial charge on any atom is 0.331 e. The van der Waals surface area contributed by atoms with E-state index >= 15 is 0 Å². The fraction of sp³-hybridized carbons (Fsp3) is 0.261. The van der Waals surface area contributed by atoms with Gasteiger partial charge in [-0.1, -0.05) is 54.2 Å². The summed E-state index contributed by atoms with van der Waals surface area (Å²) in [6.07, 6.45) is 4.97. The van der Waals surface area contributed by atoms with Crippen molar-refractivity contribution in [2.75, 3.05) is 0 Å². The first-order chi connectivity index (χ1) is 14.9. The van der Waals surface area contributed by atoms with E-state index in [1.54, 1.807) is 36.4 Å². The van der Waals surface area contributed by atoms with Crippen LogP contribution in [0.25, 0.3) is 6.08 Å². The zero-order valence-corrected chi connectivity index (χ0v) is 18.1. The molecule has 31 heavy (non-hydrogen) atoms. The molecule has 0 bridgehead atoms. The van der Waals surface area contributed by atoms with Gasteiger partial charge in [-0.2, -0.15) is 0 Å². The van der Waals surface area contributed by atoms with E-state index in [0.29, 0.717) is 28.0 Å². The number of hydrogen-bond donors (Lipinski definition) is 1. The predicted molar refractivity (Wildman–Crippen MR) is 118 cm³/mol. The number of carbonyl (C=O) groups is 3. The lowest BCUT2D eigenvalue weighted by Gasteiger charge is -2.31. The third-order valence-corrected chi connectivity index (χ3v) is 6.14. The van der Waals surface area contributed by atoms with Crippen molar-refractivity contribution in [3.8, 4) is 5.75 Å². The topological polar surface area (TPSA) is 75.7 Å². The van der Waals surface area contributed by atoms with Crippen LogP contribution in [0.3, 0.4) is 0 Å². The van der Waals surface area contributed by atoms with E-state index in [1.807, 2.05) is 6.07 Å². The number of amides is 4. The van der Waals surface area contributed by atoms with Crippen molar-refractivity contribution in [3.63, 3.8) is 0 Å². The summed E-state index contributed by atoms with van der Waals surface area (Å²) >= 11 is 11.9. The number of benzene rings is 2. The standard InChI is InChI=1S/C23H20Cl2N2O4/c24-19-10-7-15(12-20(19)25)13-31-17-8-5-14(6-9-17)11-18-21(28)26-23(30)27(22(18)29)16-3-1-2-4-16/h5-12,16H,1-4,13H2,(H,26,28,30)/b18-11+. The molecule has 1 heterocycles. The van der Waals surface area contributed by atoms with Gasteiger partial charge in [0.1, 0.15) is 17.9 Å². The Morgan fingerprint density at radius 3 is 2.39 bits per heavy atom. The smallest absolute Gasteiger partial charge is 0.331 e. The highest BCUT2D eigenvalue weighted by atomic mass is 35.5. The molecule has 0 aromatic heterocycles. The SMILES string of the molecule is O=C1NC(=O)N(C2CCCC2)C(=O)/C1=C/c1ccc(OCc2ccc(Cl)c(Cl)c2)cc1. The Labute approximate surface area is 189 Å². The maximum absolute atomic E-state index is 12.8. The van der Waals surface area contributed by atoms with Crippen LogP contribution in [0.15, 0.2) is 48.0 Å². The quantitative estimate of drug-likeness (QED) is 0.506. The molecule has 1 saturated heterocycles. The van der Waals surface area contributed by atoms with Crippen LogP contribution in [0.4, 0.5) is 4.79 Å². The molecule has 2 aromatic rings. The fourth-order valence-corrected chi connectivity index (χ4v) is 4.11. The average molecular weight is 459 g/mol. The van der Waals surface area contributed by atoms with Crippen molar-refractivity contribution in [1.29, 1.82) is 0 Å². The fourth-order valence-electron chi connectivity index (χ4n) is 3.79. The molecular weight excluding hydrogens is 439 g/mol. The molecule has 1 N–H and O–H groups in total. The van der Waals surface area contributed by atoms with Gasteiger partial charge in [-0.25, -0.2) is 4.79 Å². The lowest BCUT2D eigenvalue weighted by atomic mass is 10.1. The van der Waals surface area contributed by atoms with E-state index < -0.39 is 17.8 Å². The minimum absolute atomic E-state index is 0.0454. The third kappa shape index (κ3) is 4.75. The van der Waals surface area contributed by atoms with E-state index in [1.165, 1.54) is 11.0 Å². The van der Waals surface area contributed by atoms with Crippen molar-refractivity contribution in [2.45, 2.75) is 38.3 Å². The number of imide groups is 2. The van der Waals surface area contributed by atoms with Gasteiger partial charge in [0.15, 0.2) is 0 Å². The molecule has 8 heteroatoms. The molecule has 0 spiro atoms. The lowest BCUT2D eigenvalue weighted by molar-refractivity contribution is -0.131. The molecular formula is C23H20Cl2N2O4. The van der Waals surface area contributed by atoms with Crippen LogP contribution in [0.1, 0.15) is 36.8 Å². The van der Waals surface area contributed by atoms with Gasteiger partial charge in [0.25, 0.3) is 11.8 Å². The summed E-state index contributed by atoms with van der Waals surface area (Å²) in [4.78, 5) is 38.5. The van der Waals surface area contributed by atoms with Crippen molar-refractivity contribution in [1.82, 2.24) is 10.2 Å². The first-order valence-corrected chi connectivity index (χ1v) is 10.8. The van der Waals surface area contributed by atoms with E-state index in [0.717, 1.165) is 31.2 Å². The molecule has 2 fully saturated rings. The molecule has 2 aliphatic rings. The van der Waals surface area contributed by atoms with Crippen molar-refractivity contribution >= 4 is 47.1 Å². The van der Waals surface area contributed by atoms with Gasteiger partial charge in [-0.3, -0.25) is 19.8 Å². The van der Waals surface area contributed by atoms with Crippen LogP contribution in [-0.4, -0.2) is 28.8 Å². The van der Waals surface area contributed by atoms with Crippen LogP contribution in [0.2, 0.25) is 10.0 Å². The number of halogens is 2. The number of carbonyl (C=O) groups excluding carboxylic acids is 3. The highest BCUT2D eigenvalue weighted by Crippen LogP contribution is 2.27. The van der Waals surface area contributed by atoms with Gasteiger partial charge >= 0.3 is 6.03 Å². The largest absolute Gasteiger partial charge is 0.489 e. The zero-order valence-electron chi connectivity index (χ0n) is 16.6. The molecule has 1 aliphatic carbocycles. The molecule has 2 aromatic carbocycles. The second kappa shape index (κ2) is 9.12. The molecule has 0 radical (unpaired) electrons. The van der Waals surface area contributed by atoms with Gasteiger partial charge in [-0.15, -0.1) is 0 Å². The van der Waals surface area contributed by atoms with Crippen LogP contribution in [0, 0.1) is 0 Å². The zero-order chi connectivity index (χ0) is 22.0. The van der Waals surface area contributed by atoms with Crippen LogP contribution >= 0.6 is 23.2 Å². The number of barbiturate groups is 1. The van der Waals surface area contributed by atoms with Crippen LogP contribution in [-0.2, 0) is 16.2 Å². The lowest BCUT2D eigenvalue weighted by Crippen LogP contribution is -2.57. The third-order valence-electron chi connectivity index (χ3n) is 5.40. The number of hydrogen-bond acceptors (Lipinski definition) is 4. The number of nitrogens with one attached hydrogen (secondary N) is 1. The molecule has 0 atom stereocenters. The van der Waals surface area contributed by atoms with E-state index in [2.05, 4.69) is 5.32 Å². The van der Waals surface area contributed by atoms with Gasteiger partial charge in [0, 0.05) is 6.04 Å². The van der Waals surface area contributed by atoms with E-state index in [9.17, 15) is 14.4 Å². The average Bonchev–Trinajstić information content (AvgIpc) is 3.27. The summed E-state index contributed by atoms with van der Waals surface area (Å²) in [5, 5.41) is 3.23. The first kappa shape index (κ1) is 21.4. The minimum atomic E-state index is -0.677. The number of urea groups is 1. The second-order valence-corrected chi connectivity index (χ2v) is 8.35. The summed E-state index contributed by atoms with van der Waals surface area (Å²) < 4.78 is 5.75. The summed E-state index contributed by atoms with van der Waals surface area (Å²) in [6.45, 7) is 0.316. The van der Waals surface area contributed by atoms with E-state index in [4.69, 9.17) is 27.9 Å². The maximum atomic E-state index is 12.8. The predicted octanol–water partition coefficient (Wildman–Crippen LogP) is 4.98. The molecule has 6 nitrogen and oxygen atoms in total. The number of rotatable bonds is 5. The number of ether oxygens (including phenoxy) is 1. The Balaban J connectivity index is 1.46. The van der Waals surface area contributed by atoms with Gasteiger partial charge in [-0.05, 0) is 54.3 Å². The van der Waals surface area contributed by atoms with Crippen LogP contribution in [0.5, 0.6) is 5.75 Å². The highest BCUT2D eigenvalue weighted by molar-refractivity contribution is 6.42. The Morgan fingerprint density at radius 2 is 1.71 bits per heavy atom. The Hall–Kier alpha value is -2.83. The Morgan fingerprint density at radius 1 is 1.00 bits per heavy atom.